The minimum atomic E-state index is -0.713. The Bertz CT molecular complexity index is 848. The highest BCUT2D eigenvalue weighted by Crippen LogP contribution is 2.27. The maximum Gasteiger partial charge on any atom is 0.267 e. The third-order valence-corrected chi connectivity index (χ3v) is 4.56. The zero-order valence-electron chi connectivity index (χ0n) is 15.8. The second kappa shape index (κ2) is 8.58. The van der Waals surface area contributed by atoms with Crippen LogP contribution in [0.15, 0.2) is 41.6 Å². The number of methoxy groups -OCH3 is 2. The van der Waals surface area contributed by atoms with Gasteiger partial charge in [-0.15, -0.1) is 0 Å². The van der Waals surface area contributed by atoms with Crippen LogP contribution in [0.5, 0.6) is 11.5 Å². The van der Waals surface area contributed by atoms with E-state index in [1.807, 2.05) is 18.2 Å². The van der Waals surface area contributed by atoms with Crippen LogP contribution < -0.4 is 14.8 Å². The predicted molar refractivity (Wildman–Crippen MR) is 105 cm³/mol. The number of amides is 1. The van der Waals surface area contributed by atoms with Crippen molar-refractivity contribution < 1.29 is 19.1 Å². The molecule has 0 spiro atoms. The molecule has 1 aliphatic carbocycles. The Labute approximate surface area is 159 Å². The molecule has 142 valence electrons. The lowest BCUT2D eigenvalue weighted by Gasteiger charge is -2.11. The van der Waals surface area contributed by atoms with E-state index in [2.05, 4.69) is 16.5 Å². The minimum Gasteiger partial charge on any atom is -0.493 e. The molecule has 3 rings (SSSR count). The van der Waals surface area contributed by atoms with Gasteiger partial charge in [-0.1, -0.05) is 11.2 Å². The second-order valence-corrected chi connectivity index (χ2v) is 6.42. The van der Waals surface area contributed by atoms with E-state index in [4.69, 9.17) is 14.3 Å². The summed E-state index contributed by atoms with van der Waals surface area (Å²) >= 11 is 0. The fraction of sp³-hybridized carbons (Fsp3) is 0.333. The molecule has 6 heteroatoms. The molecule has 1 N–H and O–H groups in total. The lowest BCUT2D eigenvalue weighted by atomic mass is 10.1. The number of oxime groups is 1. The normalized spacial score (nSPS) is 13.9. The Hall–Kier alpha value is -3.02. The van der Waals surface area contributed by atoms with E-state index in [1.165, 1.54) is 23.8 Å². The summed E-state index contributed by atoms with van der Waals surface area (Å²) in [5.74, 6) is 0.999. The van der Waals surface area contributed by atoms with Crippen molar-refractivity contribution in [1.82, 2.24) is 0 Å². The molecule has 0 fully saturated rings. The molecule has 0 saturated carbocycles. The summed E-state index contributed by atoms with van der Waals surface area (Å²) in [6.45, 7) is 1.66. The predicted octanol–water partition coefficient (Wildman–Crippen LogP) is 3.57. The fourth-order valence-electron chi connectivity index (χ4n) is 3.06. The Morgan fingerprint density at radius 3 is 2.63 bits per heavy atom. The van der Waals surface area contributed by atoms with E-state index < -0.39 is 6.10 Å². The van der Waals surface area contributed by atoms with Gasteiger partial charge in [0.1, 0.15) is 0 Å². The quantitative estimate of drug-likeness (QED) is 0.599. The number of anilines is 1. The zero-order valence-corrected chi connectivity index (χ0v) is 15.8. The standard InChI is InChI=1S/C21H24N2O4/c1-14(21(24)23-18-9-8-16-5-4-6-17(16)12-18)27-22-13-15-7-10-19(25-2)20(11-15)26-3/h7-14H,4-6H2,1-3H3,(H,23,24)/b22-13+. The molecule has 6 nitrogen and oxygen atoms in total. The van der Waals surface area contributed by atoms with Gasteiger partial charge >= 0.3 is 0 Å². The van der Waals surface area contributed by atoms with E-state index in [0.29, 0.717) is 11.5 Å². The lowest BCUT2D eigenvalue weighted by Crippen LogP contribution is -2.26. The number of nitrogens with one attached hydrogen (secondary N) is 1. The van der Waals surface area contributed by atoms with Crippen molar-refractivity contribution in [2.75, 3.05) is 19.5 Å². The number of aryl methyl sites for hydroxylation is 2. The highest BCUT2D eigenvalue weighted by molar-refractivity contribution is 5.94. The van der Waals surface area contributed by atoms with Gasteiger partial charge in [0.15, 0.2) is 11.5 Å². The number of hydrogen-bond donors (Lipinski definition) is 1. The number of hydrogen-bond acceptors (Lipinski definition) is 5. The Balaban J connectivity index is 1.56. The number of carbonyl (C=O) groups is 1. The molecule has 0 saturated heterocycles. The largest absolute Gasteiger partial charge is 0.493 e. The van der Waals surface area contributed by atoms with Crippen LogP contribution >= 0.6 is 0 Å². The van der Waals surface area contributed by atoms with E-state index in [-0.39, 0.29) is 5.91 Å². The van der Waals surface area contributed by atoms with Gasteiger partial charge in [0, 0.05) is 11.3 Å². The molecule has 0 aromatic heterocycles. The van der Waals surface area contributed by atoms with Gasteiger partial charge < -0.3 is 19.6 Å². The van der Waals surface area contributed by atoms with Crippen LogP contribution in [0.4, 0.5) is 5.69 Å². The van der Waals surface area contributed by atoms with Crippen LogP contribution in [-0.4, -0.2) is 32.4 Å². The molecule has 0 aliphatic heterocycles. The van der Waals surface area contributed by atoms with Crippen molar-refractivity contribution in [2.45, 2.75) is 32.3 Å². The fourth-order valence-corrected chi connectivity index (χ4v) is 3.06. The SMILES string of the molecule is COc1ccc(/C=N/OC(C)C(=O)Nc2ccc3c(c2)CCC3)cc1OC. The number of nitrogens with zero attached hydrogens (tertiary/aromatic N) is 1. The molecular formula is C21H24N2O4. The van der Waals surface area contributed by atoms with Crippen molar-refractivity contribution in [2.24, 2.45) is 5.16 Å². The van der Waals surface area contributed by atoms with E-state index >= 15 is 0 Å². The van der Waals surface area contributed by atoms with Gasteiger partial charge in [-0.2, -0.15) is 0 Å². The van der Waals surface area contributed by atoms with E-state index in [1.54, 1.807) is 33.3 Å². The molecule has 1 aliphatic rings. The summed E-state index contributed by atoms with van der Waals surface area (Å²) < 4.78 is 10.4. The molecule has 1 atom stereocenters. The highest BCUT2D eigenvalue weighted by Gasteiger charge is 2.16. The maximum atomic E-state index is 12.3. The first-order valence-corrected chi connectivity index (χ1v) is 8.94. The van der Waals surface area contributed by atoms with Gasteiger partial charge in [-0.05, 0) is 67.6 Å². The van der Waals surface area contributed by atoms with Crippen LogP contribution in [0.2, 0.25) is 0 Å². The van der Waals surface area contributed by atoms with Gasteiger partial charge in [-0.25, -0.2) is 0 Å². The van der Waals surface area contributed by atoms with Gasteiger partial charge in [0.2, 0.25) is 6.10 Å². The molecule has 1 amide bonds. The van der Waals surface area contributed by atoms with E-state index in [0.717, 1.165) is 24.1 Å². The molecular weight excluding hydrogens is 344 g/mol. The Morgan fingerprint density at radius 1 is 1.07 bits per heavy atom. The Kier molecular flexibility index (Phi) is 5.96. The van der Waals surface area contributed by atoms with Crippen molar-refractivity contribution in [1.29, 1.82) is 0 Å². The third-order valence-electron chi connectivity index (χ3n) is 4.56. The number of benzene rings is 2. The van der Waals surface area contributed by atoms with Crippen molar-refractivity contribution in [3.8, 4) is 11.5 Å². The van der Waals surface area contributed by atoms with Gasteiger partial charge in [-0.3, -0.25) is 4.79 Å². The summed E-state index contributed by atoms with van der Waals surface area (Å²) in [4.78, 5) is 17.6. The first-order valence-electron chi connectivity index (χ1n) is 8.94. The lowest BCUT2D eigenvalue weighted by molar-refractivity contribution is -0.126. The van der Waals surface area contributed by atoms with Crippen molar-refractivity contribution in [3.05, 3.63) is 53.1 Å². The minimum absolute atomic E-state index is 0.239. The number of fused-ring (bicyclic) bond motifs is 1. The maximum absolute atomic E-state index is 12.3. The molecule has 2 aromatic carbocycles. The van der Waals surface area contributed by atoms with Crippen LogP contribution in [0.1, 0.15) is 30.0 Å². The second-order valence-electron chi connectivity index (χ2n) is 6.42. The molecule has 27 heavy (non-hydrogen) atoms. The Morgan fingerprint density at radius 2 is 1.85 bits per heavy atom. The first-order chi connectivity index (χ1) is 13.1. The average molecular weight is 368 g/mol. The smallest absolute Gasteiger partial charge is 0.267 e. The van der Waals surface area contributed by atoms with E-state index in [9.17, 15) is 4.79 Å². The highest BCUT2D eigenvalue weighted by atomic mass is 16.6. The van der Waals surface area contributed by atoms with Crippen LogP contribution in [0.3, 0.4) is 0 Å². The number of rotatable bonds is 7. The van der Waals surface area contributed by atoms with Gasteiger partial charge in [0.05, 0.1) is 20.4 Å². The molecule has 1 unspecified atom stereocenters. The molecule has 0 heterocycles. The first kappa shape index (κ1) is 18.8. The summed E-state index contributed by atoms with van der Waals surface area (Å²) in [5, 5.41) is 6.79. The molecule has 0 radical (unpaired) electrons. The van der Waals surface area contributed by atoms with Crippen LogP contribution in [0, 0.1) is 0 Å². The topological polar surface area (TPSA) is 69.2 Å². The summed E-state index contributed by atoms with van der Waals surface area (Å²) in [5.41, 5.74) is 4.25. The monoisotopic (exact) mass is 368 g/mol. The summed E-state index contributed by atoms with van der Waals surface area (Å²) in [7, 11) is 3.15. The summed E-state index contributed by atoms with van der Waals surface area (Å²) in [6.07, 6.45) is 4.18. The average Bonchev–Trinajstić information content (AvgIpc) is 3.15. The molecule has 2 aromatic rings. The zero-order chi connectivity index (χ0) is 19.2. The van der Waals surface area contributed by atoms with Crippen LogP contribution in [-0.2, 0) is 22.5 Å². The summed E-state index contributed by atoms with van der Waals surface area (Å²) in [6, 6.07) is 11.4. The number of ether oxygens (including phenoxy) is 2. The van der Waals surface area contributed by atoms with Crippen LogP contribution in [0.25, 0.3) is 0 Å². The van der Waals surface area contributed by atoms with Crippen molar-refractivity contribution >= 4 is 17.8 Å². The van der Waals surface area contributed by atoms with Crippen molar-refractivity contribution in [3.63, 3.8) is 0 Å². The number of carbonyl (C=O) groups excluding carboxylic acids is 1. The molecule has 0 bridgehead atoms. The van der Waals surface area contributed by atoms with Gasteiger partial charge in [0.25, 0.3) is 5.91 Å². The third kappa shape index (κ3) is 4.58.